The first-order valence-electron chi connectivity index (χ1n) is 10.8. The Morgan fingerprint density at radius 1 is 0.966 bits per heavy atom. The van der Waals surface area contributed by atoms with Crippen LogP contribution >= 0.6 is 0 Å². The fourth-order valence-corrected chi connectivity index (χ4v) is 4.94. The van der Waals surface area contributed by atoms with Gasteiger partial charge in [0.05, 0.1) is 6.04 Å². The van der Waals surface area contributed by atoms with Crippen LogP contribution in [0.3, 0.4) is 0 Å². The molecule has 1 aromatic heterocycles. The summed E-state index contributed by atoms with van der Waals surface area (Å²) in [5.74, 6) is 0.928. The van der Waals surface area contributed by atoms with Crippen molar-refractivity contribution in [3.05, 3.63) is 78.1 Å². The SMILES string of the molecule is NC1CCCN(C2CCc3ccccc3C2Oc2ccc(-c3cc[nH]c3)cc2)C1. The standard InChI is InChI=1S/C25H29N3O/c26-21-5-3-15-28(17-21)24-12-9-19-4-1-2-6-23(19)25(24)29-22-10-7-18(8-11-22)20-13-14-27-16-20/h1-2,4,6-8,10-11,13-14,16,21,24-25,27H,3,5,9,12,15,17,26H2. The molecule has 3 N–H and O–H groups in total. The van der Waals surface area contributed by atoms with Crippen molar-refractivity contribution in [1.82, 2.24) is 9.88 Å². The van der Waals surface area contributed by atoms with Crippen molar-refractivity contribution < 1.29 is 4.74 Å². The van der Waals surface area contributed by atoms with Crippen molar-refractivity contribution in [2.45, 2.75) is 43.9 Å². The summed E-state index contributed by atoms with van der Waals surface area (Å²) in [4.78, 5) is 5.69. The zero-order valence-electron chi connectivity index (χ0n) is 16.8. The van der Waals surface area contributed by atoms with Crippen LogP contribution in [0.5, 0.6) is 5.75 Å². The van der Waals surface area contributed by atoms with E-state index in [2.05, 4.69) is 64.5 Å². The van der Waals surface area contributed by atoms with Gasteiger partial charge < -0.3 is 15.5 Å². The van der Waals surface area contributed by atoms with E-state index in [-0.39, 0.29) is 12.1 Å². The van der Waals surface area contributed by atoms with Crippen molar-refractivity contribution in [1.29, 1.82) is 0 Å². The van der Waals surface area contributed by atoms with E-state index in [0.717, 1.165) is 38.1 Å². The molecule has 29 heavy (non-hydrogen) atoms. The summed E-state index contributed by atoms with van der Waals surface area (Å²) in [6.07, 6.45) is 8.55. The summed E-state index contributed by atoms with van der Waals surface area (Å²) >= 11 is 0. The van der Waals surface area contributed by atoms with Gasteiger partial charge in [0.1, 0.15) is 11.9 Å². The third-order valence-corrected chi connectivity index (χ3v) is 6.43. The molecule has 5 rings (SSSR count). The number of nitrogens with zero attached hydrogens (tertiary/aromatic N) is 1. The maximum atomic E-state index is 6.66. The predicted octanol–water partition coefficient (Wildman–Crippen LogP) is 4.54. The van der Waals surface area contributed by atoms with E-state index in [4.69, 9.17) is 10.5 Å². The number of hydrogen-bond acceptors (Lipinski definition) is 3. The maximum Gasteiger partial charge on any atom is 0.139 e. The Bertz CT molecular complexity index is 935. The lowest BCUT2D eigenvalue weighted by molar-refractivity contribution is 0.0367. The van der Waals surface area contributed by atoms with Gasteiger partial charge in [-0.05, 0) is 72.7 Å². The predicted molar refractivity (Wildman–Crippen MR) is 117 cm³/mol. The molecule has 1 aliphatic carbocycles. The molecule has 3 atom stereocenters. The van der Waals surface area contributed by atoms with Crippen LogP contribution in [-0.4, -0.2) is 35.1 Å². The number of aryl methyl sites for hydroxylation is 1. The number of ether oxygens (including phenoxy) is 1. The van der Waals surface area contributed by atoms with Crippen LogP contribution in [0.25, 0.3) is 11.1 Å². The summed E-state index contributed by atoms with van der Waals surface area (Å²) in [5.41, 5.74) is 11.4. The van der Waals surface area contributed by atoms with Gasteiger partial charge in [-0.1, -0.05) is 36.4 Å². The van der Waals surface area contributed by atoms with E-state index >= 15 is 0 Å². The number of piperidine rings is 1. The van der Waals surface area contributed by atoms with E-state index in [1.54, 1.807) is 0 Å². The number of benzene rings is 2. The summed E-state index contributed by atoms with van der Waals surface area (Å²) < 4.78 is 6.66. The van der Waals surface area contributed by atoms with Gasteiger partial charge in [-0.25, -0.2) is 0 Å². The van der Waals surface area contributed by atoms with Gasteiger partial charge in [0.25, 0.3) is 0 Å². The molecule has 2 aromatic carbocycles. The number of hydrogen-bond donors (Lipinski definition) is 2. The second-order valence-electron chi connectivity index (χ2n) is 8.36. The molecule has 0 radical (unpaired) electrons. The molecule has 4 nitrogen and oxygen atoms in total. The zero-order valence-corrected chi connectivity index (χ0v) is 16.8. The number of aromatic nitrogens is 1. The van der Waals surface area contributed by atoms with Crippen molar-refractivity contribution in [2.75, 3.05) is 13.1 Å². The highest BCUT2D eigenvalue weighted by molar-refractivity contribution is 5.63. The lowest BCUT2D eigenvalue weighted by atomic mass is 9.84. The molecule has 0 spiro atoms. The summed E-state index contributed by atoms with van der Waals surface area (Å²) in [6.45, 7) is 2.09. The Balaban J connectivity index is 1.42. The minimum atomic E-state index is 0.0448. The molecule has 0 bridgehead atoms. The molecule has 1 aliphatic heterocycles. The topological polar surface area (TPSA) is 54.3 Å². The number of aromatic amines is 1. The Kier molecular flexibility index (Phi) is 5.13. The lowest BCUT2D eigenvalue weighted by Gasteiger charge is -2.43. The Morgan fingerprint density at radius 2 is 1.83 bits per heavy atom. The minimum Gasteiger partial charge on any atom is -0.484 e. The number of nitrogens with two attached hydrogens (primary N) is 1. The van der Waals surface area contributed by atoms with Crippen LogP contribution in [0.2, 0.25) is 0 Å². The highest BCUT2D eigenvalue weighted by atomic mass is 16.5. The van der Waals surface area contributed by atoms with Gasteiger partial charge in [0, 0.05) is 25.0 Å². The third kappa shape index (κ3) is 3.83. The van der Waals surface area contributed by atoms with Gasteiger partial charge in [-0.15, -0.1) is 0 Å². The lowest BCUT2D eigenvalue weighted by Crippen LogP contribution is -2.51. The molecule has 150 valence electrons. The van der Waals surface area contributed by atoms with E-state index in [1.165, 1.54) is 28.7 Å². The highest BCUT2D eigenvalue weighted by Crippen LogP contribution is 2.37. The monoisotopic (exact) mass is 387 g/mol. The molecule has 3 aromatic rings. The molecule has 1 saturated heterocycles. The summed E-state index contributed by atoms with van der Waals surface area (Å²) in [6, 6.07) is 20.0. The highest BCUT2D eigenvalue weighted by Gasteiger charge is 2.36. The molecule has 2 heterocycles. The van der Waals surface area contributed by atoms with Crippen LogP contribution in [0, 0.1) is 0 Å². The first-order valence-corrected chi connectivity index (χ1v) is 10.8. The van der Waals surface area contributed by atoms with E-state index in [1.807, 2.05) is 12.4 Å². The fourth-order valence-electron chi connectivity index (χ4n) is 4.94. The molecule has 2 aliphatic rings. The third-order valence-electron chi connectivity index (χ3n) is 6.43. The van der Waals surface area contributed by atoms with Crippen molar-refractivity contribution >= 4 is 0 Å². The number of rotatable bonds is 4. The second kappa shape index (κ2) is 8.05. The largest absolute Gasteiger partial charge is 0.484 e. The average Bonchev–Trinajstić information content (AvgIpc) is 3.29. The van der Waals surface area contributed by atoms with Crippen LogP contribution in [0.1, 0.15) is 36.5 Å². The second-order valence-corrected chi connectivity index (χ2v) is 8.36. The molecule has 0 amide bonds. The number of fused-ring (bicyclic) bond motifs is 1. The summed E-state index contributed by atoms with van der Waals surface area (Å²) in [5, 5.41) is 0. The van der Waals surface area contributed by atoms with Crippen molar-refractivity contribution in [2.24, 2.45) is 5.73 Å². The average molecular weight is 388 g/mol. The minimum absolute atomic E-state index is 0.0448. The van der Waals surface area contributed by atoms with Crippen LogP contribution in [0.15, 0.2) is 67.0 Å². The van der Waals surface area contributed by atoms with E-state index in [9.17, 15) is 0 Å². The molecule has 1 fully saturated rings. The fraction of sp³-hybridized carbons (Fsp3) is 0.360. The van der Waals surface area contributed by atoms with Gasteiger partial charge >= 0.3 is 0 Å². The first-order chi connectivity index (χ1) is 14.3. The van der Waals surface area contributed by atoms with Gasteiger partial charge in [-0.3, -0.25) is 4.90 Å². The Labute approximate surface area is 172 Å². The summed E-state index contributed by atoms with van der Waals surface area (Å²) in [7, 11) is 0. The molecule has 0 saturated carbocycles. The van der Waals surface area contributed by atoms with E-state index < -0.39 is 0 Å². The van der Waals surface area contributed by atoms with Gasteiger partial charge in [-0.2, -0.15) is 0 Å². The smallest absolute Gasteiger partial charge is 0.139 e. The molecular weight excluding hydrogens is 358 g/mol. The van der Waals surface area contributed by atoms with Crippen molar-refractivity contribution in [3.63, 3.8) is 0 Å². The van der Waals surface area contributed by atoms with Crippen LogP contribution in [-0.2, 0) is 6.42 Å². The number of nitrogens with one attached hydrogen (secondary N) is 1. The van der Waals surface area contributed by atoms with Gasteiger partial charge in [0.15, 0.2) is 0 Å². The van der Waals surface area contributed by atoms with Crippen LogP contribution < -0.4 is 10.5 Å². The normalized spacial score (nSPS) is 24.8. The Morgan fingerprint density at radius 3 is 2.62 bits per heavy atom. The molecule has 4 heteroatoms. The van der Waals surface area contributed by atoms with E-state index in [0.29, 0.717) is 6.04 Å². The zero-order chi connectivity index (χ0) is 19.6. The quantitative estimate of drug-likeness (QED) is 0.691. The molecular formula is C25H29N3O. The first kappa shape index (κ1) is 18.5. The Hall–Kier alpha value is -2.56. The number of H-pyrrole nitrogens is 1. The molecule has 3 unspecified atom stereocenters. The van der Waals surface area contributed by atoms with Crippen molar-refractivity contribution in [3.8, 4) is 16.9 Å². The van der Waals surface area contributed by atoms with Crippen LogP contribution in [0.4, 0.5) is 0 Å². The number of likely N-dealkylation sites (tertiary alicyclic amines) is 1. The maximum absolute atomic E-state index is 6.66. The van der Waals surface area contributed by atoms with Gasteiger partial charge in [0.2, 0.25) is 0 Å².